The molecule has 0 radical (unpaired) electrons. The minimum Gasteiger partial charge on any atom is -0.492 e. The van der Waals surface area contributed by atoms with E-state index in [1.807, 2.05) is 31.2 Å². The van der Waals surface area contributed by atoms with Crippen LogP contribution in [0.25, 0.3) is 0 Å². The van der Waals surface area contributed by atoms with Crippen molar-refractivity contribution in [3.05, 3.63) is 60.2 Å². The first-order valence-electron chi connectivity index (χ1n) is 10.3. The van der Waals surface area contributed by atoms with E-state index in [1.165, 1.54) is 18.4 Å². The lowest BCUT2D eigenvalue weighted by atomic mass is 9.96. The first-order chi connectivity index (χ1) is 13.7. The molecule has 148 valence electrons. The Balaban J connectivity index is 1.33. The van der Waals surface area contributed by atoms with Gasteiger partial charge in [-0.25, -0.2) is 0 Å². The van der Waals surface area contributed by atoms with Gasteiger partial charge in [-0.3, -0.25) is 4.90 Å². The van der Waals surface area contributed by atoms with Gasteiger partial charge in [0.1, 0.15) is 5.75 Å². The zero-order valence-electron chi connectivity index (χ0n) is 16.4. The Bertz CT molecular complexity index is 783. The SMILES string of the molecule is CCOc1ccccc1NC(=S)NC1CC2CCC(C1)N2Cc1ccccc1. The molecule has 0 spiro atoms. The van der Waals surface area contributed by atoms with Crippen LogP contribution in [0.5, 0.6) is 5.75 Å². The Morgan fingerprint density at radius 1 is 1.04 bits per heavy atom. The average molecular weight is 396 g/mol. The average Bonchev–Trinajstić information content (AvgIpc) is 2.93. The van der Waals surface area contributed by atoms with Crippen LogP contribution in [0, 0.1) is 0 Å². The Hall–Kier alpha value is -2.11. The van der Waals surface area contributed by atoms with Gasteiger partial charge in [0.15, 0.2) is 5.11 Å². The van der Waals surface area contributed by atoms with Crippen molar-refractivity contribution in [2.45, 2.75) is 57.3 Å². The van der Waals surface area contributed by atoms with Crippen molar-refractivity contribution >= 4 is 23.0 Å². The quantitative estimate of drug-likeness (QED) is 0.701. The van der Waals surface area contributed by atoms with Crippen LogP contribution in [0.3, 0.4) is 0 Å². The minimum absolute atomic E-state index is 0.434. The van der Waals surface area contributed by atoms with E-state index in [9.17, 15) is 0 Å². The molecule has 2 heterocycles. The summed E-state index contributed by atoms with van der Waals surface area (Å²) in [5.41, 5.74) is 2.34. The molecule has 2 aromatic carbocycles. The Labute approximate surface area is 173 Å². The van der Waals surface area contributed by atoms with Crippen molar-refractivity contribution in [1.82, 2.24) is 10.2 Å². The summed E-state index contributed by atoms with van der Waals surface area (Å²) in [6, 6.07) is 20.5. The van der Waals surface area contributed by atoms with Gasteiger partial charge in [-0.15, -0.1) is 0 Å². The number of thiocarbonyl (C=S) groups is 1. The van der Waals surface area contributed by atoms with Gasteiger partial charge in [0.25, 0.3) is 0 Å². The van der Waals surface area contributed by atoms with Gasteiger partial charge in [-0.2, -0.15) is 0 Å². The first-order valence-corrected chi connectivity index (χ1v) is 10.7. The molecule has 0 aliphatic carbocycles. The summed E-state index contributed by atoms with van der Waals surface area (Å²) in [5, 5.41) is 7.57. The molecule has 2 atom stereocenters. The predicted molar refractivity (Wildman–Crippen MR) is 119 cm³/mol. The second-order valence-electron chi connectivity index (χ2n) is 7.74. The van der Waals surface area contributed by atoms with Crippen LogP contribution in [0.4, 0.5) is 5.69 Å². The molecule has 2 saturated heterocycles. The molecule has 5 heteroatoms. The summed E-state index contributed by atoms with van der Waals surface area (Å²) in [5.74, 6) is 0.840. The van der Waals surface area contributed by atoms with Crippen LogP contribution in [0.15, 0.2) is 54.6 Å². The van der Waals surface area contributed by atoms with Gasteiger partial charge in [0.2, 0.25) is 0 Å². The van der Waals surface area contributed by atoms with Crippen molar-refractivity contribution in [3.8, 4) is 5.75 Å². The highest BCUT2D eigenvalue weighted by Gasteiger charge is 2.40. The maximum absolute atomic E-state index is 5.69. The molecule has 0 amide bonds. The van der Waals surface area contributed by atoms with E-state index in [-0.39, 0.29) is 0 Å². The topological polar surface area (TPSA) is 36.5 Å². The van der Waals surface area contributed by atoms with E-state index in [0.717, 1.165) is 30.8 Å². The summed E-state index contributed by atoms with van der Waals surface area (Å²) >= 11 is 5.60. The van der Waals surface area contributed by atoms with Crippen molar-refractivity contribution in [2.24, 2.45) is 0 Å². The van der Waals surface area contributed by atoms with Crippen molar-refractivity contribution < 1.29 is 4.74 Å². The molecule has 2 aromatic rings. The predicted octanol–water partition coefficient (Wildman–Crippen LogP) is 4.57. The Kier molecular flexibility index (Phi) is 6.13. The molecule has 4 rings (SSSR count). The maximum atomic E-state index is 5.69. The van der Waals surface area contributed by atoms with Gasteiger partial charge in [0, 0.05) is 24.7 Å². The van der Waals surface area contributed by atoms with E-state index < -0.39 is 0 Å². The summed E-state index contributed by atoms with van der Waals surface area (Å²) in [4.78, 5) is 2.70. The number of piperidine rings is 1. The van der Waals surface area contributed by atoms with Crippen LogP contribution in [0.1, 0.15) is 38.2 Å². The van der Waals surface area contributed by atoms with Crippen LogP contribution in [-0.4, -0.2) is 34.7 Å². The molecular weight excluding hydrogens is 366 g/mol. The molecule has 0 aromatic heterocycles. The smallest absolute Gasteiger partial charge is 0.171 e. The maximum Gasteiger partial charge on any atom is 0.171 e. The van der Waals surface area contributed by atoms with Gasteiger partial charge >= 0.3 is 0 Å². The summed E-state index contributed by atoms with van der Waals surface area (Å²) < 4.78 is 5.69. The number of para-hydroxylation sites is 2. The molecule has 0 saturated carbocycles. The number of hydrogen-bond acceptors (Lipinski definition) is 3. The van der Waals surface area contributed by atoms with Crippen molar-refractivity contribution in [3.63, 3.8) is 0 Å². The van der Waals surface area contributed by atoms with E-state index in [4.69, 9.17) is 17.0 Å². The molecule has 2 fully saturated rings. The Morgan fingerprint density at radius 3 is 2.43 bits per heavy atom. The zero-order valence-corrected chi connectivity index (χ0v) is 17.3. The van der Waals surface area contributed by atoms with Crippen LogP contribution >= 0.6 is 12.2 Å². The lowest BCUT2D eigenvalue weighted by Gasteiger charge is -2.39. The number of benzene rings is 2. The second-order valence-corrected chi connectivity index (χ2v) is 8.15. The molecule has 2 bridgehead atoms. The summed E-state index contributed by atoms with van der Waals surface area (Å²) in [6.07, 6.45) is 4.89. The third kappa shape index (κ3) is 4.47. The van der Waals surface area contributed by atoms with Crippen molar-refractivity contribution in [1.29, 1.82) is 0 Å². The highest BCUT2D eigenvalue weighted by Crippen LogP contribution is 2.37. The molecule has 2 N–H and O–H groups in total. The molecule has 2 unspecified atom stereocenters. The van der Waals surface area contributed by atoms with Crippen LogP contribution in [-0.2, 0) is 6.54 Å². The standard InChI is InChI=1S/C23H29N3OS/c1-2-27-22-11-7-6-10-21(22)25-23(28)24-18-14-19-12-13-20(15-18)26(19)16-17-8-4-3-5-9-17/h3-11,18-20H,2,12-16H2,1H3,(H2,24,25,28). The Morgan fingerprint density at radius 2 is 1.71 bits per heavy atom. The number of fused-ring (bicyclic) bond motifs is 2. The number of ether oxygens (including phenoxy) is 1. The lowest BCUT2D eigenvalue weighted by molar-refractivity contribution is 0.115. The van der Waals surface area contributed by atoms with E-state index in [0.29, 0.717) is 29.8 Å². The van der Waals surface area contributed by atoms with Crippen LogP contribution < -0.4 is 15.4 Å². The first kappa shape index (κ1) is 19.2. The van der Waals surface area contributed by atoms with E-state index in [2.05, 4.69) is 45.9 Å². The molecule has 28 heavy (non-hydrogen) atoms. The monoisotopic (exact) mass is 395 g/mol. The largest absolute Gasteiger partial charge is 0.492 e. The number of hydrogen-bond donors (Lipinski definition) is 2. The number of nitrogens with zero attached hydrogens (tertiary/aromatic N) is 1. The molecule has 4 nitrogen and oxygen atoms in total. The number of anilines is 1. The van der Waals surface area contributed by atoms with Gasteiger partial charge < -0.3 is 15.4 Å². The summed E-state index contributed by atoms with van der Waals surface area (Å²) in [6.45, 7) is 3.70. The van der Waals surface area contributed by atoms with E-state index in [1.54, 1.807) is 0 Å². The lowest BCUT2D eigenvalue weighted by Crippen LogP contribution is -2.50. The zero-order chi connectivity index (χ0) is 19.3. The van der Waals surface area contributed by atoms with Gasteiger partial charge in [0.05, 0.1) is 12.3 Å². The van der Waals surface area contributed by atoms with Crippen LogP contribution in [0.2, 0.25) is 0 Å². The highest BCUT2D eigenvalue weighted by molar-refractivity contribution is 7.80. The van der Waals surface area contributed by atoms with Gasteiger partial charge in [-0.05, 0) is 62.5 Å². The third-order valence-electron chi connectivity index (χ3n) is 5.86. The highest BCUT2D eigenvalue weighted by atomic mass is 32.1. The fourth-order valence-electron chi connectivity index (χ4n) is 4.64. The number of nitrogens with one attached hydrogen (secondary N) is 2. The minimum atomic E-state index is 0.434. The van der Waals surface area contributed by atoms with E-state index >= 15 is 0 Å². The normalized spacial score (nSPS) is 24.0. The molecular formula is C23H29N3OS. The number of rotatable bonds is 6. The fourth-order valence-corrected chi connectivity index (χ4v) is 4.92. The second kappa shape index (κ2) is 8.93. The third-order valence-corrected chi connectivity index (χ3v) is 6.08. The molecule has 2 aliphatic rings. The molecule has 2 aliphatic heterocycles. The summed E-state index contributed by atoms with van der Waals surface area (Å²) in [7, 11) is 0. The van der Waals surface area contributed by atoms with Crippen molar-refractivity contribution in [2.75, 3.05) is 11.9 Å². The van der Waals surface area contributed by atoms with Gasteiger partial charge in [-0.1, -0.05) is 42.5 Å². The fraction of sp³-hybridized carbons (Fsp3) is 0.435.